The maximum Gasteiger partial charge on any atom is 0.243 e. The minimum absolute atomic E-state index is 0.0534. The van der Waals surface area contributed by atoms with Crippen LogP contribution in [0.5, 0.6) is 0 Å². The molecule has 6 heteroatoms. The minimum atomic E-state index is -3.58. The third-order valence-electron chi connectivity index (χ3n) is 4.20. The van der Waals surface area contributed by atoms with Crippen LogP contribution in [0.3, 0.4) is 0 Å². The summed E-state index contributed by atoms with van der Waals surface area (Å²) < 4.78 is 25.6. The van der Waals surface area contributed by atoms with E-state index in [1.54, 1.807) is 37.3 Å². The Bertz CT molecular complexity index is 807. The van der Waals surface area contributed by atoms with Gasteiger partial charge in [0.25, 0.3) is 0 Å². The first kappa shape index (κ1) is 20.0. The van der Waals surface area contributed by atoms with Crippen LogP contribution in [0.1, 0.15) is 25.8 Å². The number of amides is 1. The van der Waals surface area contributed by atoms with E-state index in [1.165, 1.54) is 5.56 Å². The topological polar surface area (TPSA) is 66.5 Å². The Kier molecular flexibility index (Phi) is 6.80. The molecule has 26 heavy (non-hydrogen) atoms. The fraction of sp³-hybridized carbons (Fsp3) is 0.350. The summed E-state index contributed by atoms with van der Waals surface area (Å²) in [4.78, 5) is 12.6. The van der Waals surface area contributed by atoms with Crippen LogP contribution in [0.4, 0.5) is 5.69 Å². The van der Waals surface area contributed by atoms with Gasteiger partial charge in [0, 0.05) is 6.04 Å². The van der Waals surface area contributed by atoms with Crippen LogP contribution in [-0.4, -0.2) is 32.7 Å². The lowest BCUT2D eigenvalue weighted by Gasteiger charge is -2.29. The van der Waals surface area contributed by atoms with Crippen LogP contribution in [0, 0.1) is 0 Å². The van der Waals surface area contributed by atoms with Crippen LogP contribution in [0.2, 0.25) is 0 Å². The molecular weight excluding hydrogens is 348 g/mol. The molecular formula is C20H26N2O3S. The Morgan fingerprint density at radius 1 is 1.00 bits per heavy atom. The molecule has 0 saturated carbocycles. The average molecular weight is 375 g/mol. The van der Waals surface area contributed by atoms with Gasteiger partial charge in [0.05, 0.1) is 11.9 Å². The van der Waals surface area contributed by atoms with Crippen LogP contribution in [-0.2, 0) is 21.2 Å². The molecule has 2 atom stereocenters. The van der Waals surface area contributed by atoms with Crippen LogP contribution < -0.4 is 9.62 Å². The van der Waals surface area contributed by atoms with Crippen LogP contribution in [0.25, 0.3) is 0 Å². The van der Waals surface area contributed by atoms with Crippen molar-refractivity contribution >= 4 is 21.6 Å². The SMILES string of the molecule is C[C@@H](CCc1ccccc1)NC(=O)[C@H](C)N(c1ccccc1)S(C)(=O)=O. The number of hydrogen-bond donors (Lipinski definition) is 1. The zero-order valence-electron chi connectivity index (χ0n) is 15.4. The van der Waals surface area contributed by atoms with Crippen molar-refractivity contribution in [3.63, 3.8) is 0 Å². The number of benzene rings is 2. The van der Waals surface area contributed by atoms with Gasteiger partial charge in [-0.05, 0) is 44.4 Å². The molecule has 2 aromatic carbocycles. The molecule has 140 valence electrons. The Labute approximate surface area is 156 Å². The number of nitrogens with zero attached hydrogens (tertiary/aromatic N) is 1. The van der Waals surface area contributed by atoms with Crippen molar-refractivity contribution in [2.45, 2.75) is 38.8 Å². The molecule has 0 aliphatic carbocycles. The third kappa shape index (κ3) is 5.59. The van der Waals surface area contributed by atoms with E-state index in [0.29, 0.717) is 5.69 Å². The molecule has 0 heterocycles. The number of anilines is 1. The fourth-order valence-corrected chi connectivity index (χ4v) is 4.02. The second-order valence-electron chi connectivity index (χ2n) is 6.50. The zero-order chi connectivity index (χ0) is 19.2. The van der Waals surface area contributed by atoms with Gasteiger partial charge in [0.15, 0.2) is 0 Å². The van der Waals surface area contributed by atoms with Crippen molar-refractivity contribution in [1.29, 1.82) is 0 Å². The normalized spacial score (nSPS) is 13.7. The van der Waals surface area contributed by atoms with E-state index < -0.39 is 16.1 Å². The van der Waals surface area contributed by atoms with E-state index >= 15 is 0 Å². The van der Waals surface area contributed by atoms with E-state index in [0.717, 1.165) is 23.4 Å². The molecule has 1 amide bonds. The van der Waals surface area contributed by atoms with Gasteiger partial charge in [-0.3, -0.25) is 9.10 Å². The summed E-state index contributed by atoms with van der Waals surface area (Å²) in [6, 6.07) is 17.9. The van der Waals surface area contributed by atoms with E-state index in [4.69, 9.17) is 0 Å². The van der Waals surface area contributed by atoms with Gasteiger partial charge in [0.1, 0.15) is 6.04 Å². The van der Waals surface area contributed by atoms with Crippen molar-refractivity contribution in [2.24, 2.45) is 0 Å². The number of aryl methyl sites for hydroxylation is 1. The van der Waals surface area contributed by atoms with Gasteiger partial charge in [-0.15, -0.1) is 0 Å². The molecule has 0 radical (unpaired) electrons. The van der Waals surface area contributed by atoms with Gasteiger partial charge in [-0.2, -0.15) is 0 Å². The van der Waals surface area contributed by atoms with Gasteiger partial charge in [-0.1, -0.05) is 48.5 Å². The largest absolute Gasteiger partial charge is 0.352 e. The summed E-state index contributed by atoms with van der Waals surface area (Å²) in [5.41, 5.74) is 1.69. The monoisotopic (exact) mass is 374 g/mol. The summed E-state index contributed by atoms with van der Waals surface area (Å²) in [6.07, 6.45) is 2.75. The molecule has 5 nitrogen and oxygen atoms in total. The van der Waals surface area contributed by atoms with Crippen molar-refractivity contribution in [1.82, 2.24) is 5.32 Å². The predicted octanol–water partition coefficient (Wildman–Crippen LogP) is 2.98. The van der Waals surface area contributed by atoms with E-state index in [1.807, 2.05) is 25.1 Å². The predicted molar refractivity (Wildman–Crippen MR) is 106 cm³/mol. The van der Waals surface area contributed by atoms with E-state index in [-0.39, 0.29) is 11.9 Å². The number of sulfonamides is 1. The molecule has 0 aliphatic heterocycles. The zero-order valence-corrected chi connectivity index (χ0v) is 16.2. The highest BCUT2D eigenvalue weighted by atomic mass is 32.2. The Morgan fingerprint density at radius 2 is 1.54 bits per heavy atom. The van der Waals surface area contributed by atoms with Crippen molar-refractivity contribution in [2.75, 3.05) is 10.6 Å². The van der Waals surface area contributed by atoms with Crippen molar-refractivity contribution in [3.05, 3.63) is 66.2 Å². The summed E-state index contributed by atoms with van der Waals surface area (Å²) in [5, 5.41) is 2.93. The van der Waals surface area contributed by atoms with Crippen molar-refractivity contribution in [3.8, 4) is 0 Å². The van der Waals surface area contributed by atoms with Crippen LogP contribution in [0.15, 0.2) is 60.7 Å². The first-order valence-electron chi connectivity index (χ1n) is 8.68. The quantitative estimate of drug-likeness (QED) is 0.772. The number of hydrogen-bond acceptors (Lipinski definition) is 3. The maximum atomic E-state index is 12.6. The van der Waals surface area contributed by atoms with Crippen molar-refractivity contribution < 1.29 is 13.2 Å². The number of para-hydroxylation sites is 1. The van der Waals surface area contributed by atoms with Gasteiger partial charge >= 0.3 is 0 Å². The molecule has 0 unspecified atom stereocenters. The summed E-state index contributed by atoms with van der Waals surface area (Å²) in [6.45, 7) is 3.54. The second-order valence-corrected chi connectivity index (χ2v) is 8.36. The molecule has 0 saturated heterocycles. The molecule has 0 aliphatic rings. The highest BCUT2D eigenvalue weighted by Gasteiger charge is 2.29. The summed E-state index contributed by atoms with van der Waals surface area (Å²) in [5.74, 6) is -0.306. The minimum Gasteiger partial charge on any atom is -0.352 e. The Balaban J connectivity index is 2.02. The molecule has 2 aromatic rings. The molecule has 0 bridgehead atoms. The smallest absolute Gasteiger partial charge is 0.243 e. The first-order chi connectivity index (χ1) is 12.3. The van der Waals surface area contributed by atoms with Gasteiger partial charge in [0.2, 0.25) is 15.9 Å². The molecule has 0 fully saturated rings. The Hall–Kier alpha value is -2.34. The summed E-state index contributed by atoms with van der Waals surface area (Å²) >= 11 is 0. The number of rotatable bonds is 8. The van der Waals surface area contributed by atoms with Gasteiger partial charge in [-0.25, -0.2) is 8.42 Å². The van der Waals surface area contributed by atoms with Crippen LogP contribution >= 0.6 is 0 Å². The number of nitrogens with one attached hydrogen (secondary N) is 1. The lowest BCUT2D eigenvalue weighted by atomic mass is 10.1. The first-order valence-corrected chi connectivity index (χ1v) is 10.5. The average Bonchev–Trinajstić information content (AvgIpc) is 2.60. The lowest BCUT2D eigenvalue weighted by molar-refractivity contribution is -0.122. The molecule has 2 rings (SSSR count). The van der Waals surface area contributed by atoms with Gasteiger partial charge < -0.3 is 5.32 Å². The molecule has 0 spiro atoms. The summed E-state index contributed by atoms with van der Waals surface area (Å²) in [7, 11) is -3.58. The third-order valence-corrected chi connectivity index (χ3v) is 5.44. The standard InChI is InChI=1S/C20H26N2O3S/c1-16(14-15-18-10-6-4-7-11-18)21-20(23)17(2)22(26(3,24)25)19-12-8-5-9-13-19/h4-13,16-17H,14-15H2,1-3H3,(H,21,23)/t16-,17-/m0/s1. The fourth-order valence-electron chi connectivity index (χ4n) is 2.85. The Morgan fingerprint density at radius 3 is 2.08 bits per heavy atom. The lowest BCUT2D eigenvalue weighted by Crippen LogP contribution is -2.49. The second kappa shape index (κ2) is 8.85. The maximum absolute atomic E-state index is 12.6. The number of carbonyl (C=O) groups is 1. The molecule has 0 aromatic heterocycles. The number of carbonyl (C=O) groups excluding carboxylic acids is 1. The van der Waals surface area contributed by atoms with E-state index in [9.17, 15) is 13.2 Å². The van der Waals surface area contributed by atoms with E-state index in [2.05, 4.69) is 17.4 Å². The highest BCUT2D eigenvalue weighted by Crippen LogP contribution is 2.20. The highest BCUT2D eigenvalue weighted by molar-refractivity contribution is 7.92. The molecule has 1 N–H and O–H groups in total.